The van der Waals surface area contributed by atoms with Crippen LogP contribution in [0.25, 0.3) is 11.0 Å². The lowest BCUT2D eigenvalue weighted by Crippen LogP contribution is -2.59. The van der Waals surface area contributed by atoms with E-state index < -0.39 is 0 Å². The van der Waals surface area contributed by atoms with Crippen molar-refractivity contribution in [3.8, 4) is 5.75 Å². The van der Waals surface area contributed by atoms with E-state index in [0.29, 0.717) is 49.9 Å². The average molecular weight is 317 g/mol. The van der Waals surface area contributed by atoms with Crippen LogP contribution >= 0.6 is 0 Å². The predicted octanol–water partition coefficient (Wildman–Crippen LogP) is 2.07. The number of furan rings is 1. The summed E-state index contributed by atoms with van der Waals surface area (Å²) in [5.74, 6) is 0.666. The number of rotatable bonds is 2. The Labute approximate surface area is 133 Å². The Kier molecular flexibility index (Phi) is 3.50. The molecule has 0 bridgehead atoms. The van der Waals surface area contributed by atoms with Gasteiger partial charge in [0.1, 0.15) is 17.6 Å². The van der Waals surface area contributed by atoms with Crippen LogP contribution in [0.15, 0.2) is 28.9 Å². The van der Waals surface area contributed by atoms with Gasteiger partial charge < -0.3 is 23.5 Å². The van der Waals surface area contributed by atoms with Crippen molar-refractivity contribution in [2.75, 3.05) is 40.1 Å². The zero-order chi connectivity index (χ0) is 15.9. The summed E-state index contributed by atoms with van der Waals surface area (Å²) in [6, 6.07) is 5.48. The number of hydrogen-bond acceptors (Lipinski definition) is 5. The number of ether oxygens (including phenoxy) is 3. The predicted molar refractivity (Wildman–Crippen MR) is 82.8 cm³/mol. The van der Waals surface area contributed by atoms with Gasteiger partial charge in [-0.25, -0.2) is 0 Å². The number of carbonyl (C=O) groups excluding carboxylic acids is 1. The van der Waals surface area contributed by atoms with Crippen molar-refractivity contribution in [1.29, 1.82) is 0 Å². The van der Waals surface area contributed by atoms with Crippen molar-refractivity contribution in [3.63, 3.8) is 0 Å². The molecule has 0 N–H and O–H groups in total. The minimum absolute atomic E-state index is 0.0363. The van der Waals surface area contributed by atoms with Gasteiger partial charge in [0.05, 0.1) is 38.0 Å². The summed E-state index contributed by atoms with van der Waals surface area (Å²) in [7, 11) is 1.61. The Balaban J connectivity index is 1.73. The maximum atomic E-state index is 13.1. The van der Waals surface area contributed by atoms with E-state index in [2.05, 4.69) is 0 Å². The largest absolute Gasteiger partial charge is 0.497 e. The molecule has 1 aromatic carbocycles. The van der Waals surface area contributed by atoms with Crippen molar-refractivity contribution in [3.05, 3.63) is 30.0 Å². The molecule has 6 heteroatoms. The zero-order valence-corrected chi connectivity index (χ0v) is 13.0. The summed E-state index contributed by atoms with van der Waals surface area (Å²) in [6.45, 7) is 2.83. The first-order valence-corrected chi connectivity index (χ1v) is 7.76. The van der Waals surface area contributed by atoms with Crippen LogP contribution in [0, 0.1) is 0 Å². The second-order valence-corrected chi connectivity index (χ2v) is 6.05. The molecule has 0 saturated carbocycles. The Morgan fingerprint density at radius 2 is 2.09 bits per heavy atom. The van der Waals surface area contributed by atoms with E-state index in [1.165, 1.54) is 6.26 Å². The normalized spacial score (nSPS) is 24.5. The molecule has 2 aliphatic rings. The molecule has 3 heterocycles. The monoisotopic (exact) mass is 317 g/mol. The van der Waals surface area contributed by atoms with Crippen LogP contribution in [0.3, 0.4) is 0 Å². The van der Waals surface area contributed by atoms with Crippen molar-refractivity contribution in [2.45, 2.75) is 12.0 Å². The Hall–Kier alpha value is -2.05. The Bertz CT molecular complexity index is 732. The third kappa shape index (κ3) is 2.29. The van der Waals surface area contributed by atoms with Crippen molar-refractivity contribution in [1.82, 2.24) is 4.90 Å². The number of carbonyl (C=O) groups is 1. The zero-order valence-electron chi connectivity index (χ0n) is 13.0. The van der Waals surface area contributed by atoms with Gasteiger partial charge in [-0.1, -0.05) is 0 Å². The third-order valence-electron chi connectivity index (χ3n) is 4.74. The van der Waals surface area contributed by atoms with E-state index in [1.807, 2.05) is 23.1 Å². The minimum atomic E-state index is -0.349. The second-order valence-electron chi connectivity index (χ2n) is 6.05. The van der Waals surface area contributed by atoms with Gasteiger partial charge in [-0.2, -0.15) is 0 Å². The summed E-state index contributed by atoms with van der Waals surface area (Å²) >= 11 is 0. The van der Waals surface area contributed by atoms with Crippen LogP contribution in [0.2, 0.25) is 0 Å². The highest BCUT2D eigenvalue weighted by molar-refractivity contribution is 6.06. The molecule has 1 spiro atoms. The molecule has 2 saturated heterocycles. The SMILES string of the molecule is COc1ccc2occ(C(=O)N3CCOCC34CCOC4)c2c1. The summed E-state index contributed by atoms with van der Waals surface area (Å²) in [4.78, 5) is 15.0. The molecule has 2 fully saturated rings. The quantitative estimate of drug-likeness (QED) is 0.848. The highest BCUT2D eigenvalue weighted by Crippen LogP contribution is 2.33. The molecule has 1 amide bonds. The van der Waals surface area contributed by atoms with Crippen molar-refractivity contribution >= 4 is 16.9 Å². The highest BCUT2D eigenvalue weighted by Gasteiger charge is 2.46. The van der Waals surface area contributed by atoms with Gasteiger partial charge >= 0.3 is 0 Å². The first-order chi connectivity index (χ1) is 11.2. The molecule has 0 radical (unpaired) electrons. The molecule has 23 heavy (non-hydrogen) atoms. The van der Waals surface area contributed by atoms with Gasteiger partial charge in [-0.3, -0.25) is 4.79 Å². The van der Waals surface area contributed by atoms with Gasteiger partial charge in [-0.15, -0.1) is 0 Å². The summed E-state index contributed by atoms with van der Waals surface area (Å²) in [6.07, 6.45) is 2.34. The number of methoxy groups -OCH3 is 1. The van der Waals surface area contributed by atoms with Crippen molar-refractivity contribution in [2.24, 2.45) is 0 Å². The summed E-state index contributed by atoms with van der Waals surface area (Å²) < 4.78 is 22.0. The standard InChI is InChI=1S/C17H19NO5/c1-20-12-2-3-15-13(8-12)14(9-23-15)16(19)18-5-7-22-11-17(18)4-6-21-10-17/h2-3,8-9H,4-7,10-11H2,1H3. The van der Waals surface area contributed by atoms with Crippen LogP contribution in [-0.2, 0) is 9.47 Å². The third-order valence-corrected chi connectivity index (χ3v) is 4.74. The molecule has 1 unspecified atom stereocenters. The van der Waals surface area contributed by atoms with Gasteiger partial charge in [0.25, 0.3) is 5.91 Å². The lowest BCUT2D eigenvalue weighted by Gasteiger charge is -2.43. The fourth-order valence-corrected chi connectivity index (χ4v) is 3.42. The summed E-state index contributed by atoms with van der Waals surface area (Å²) in [5.41, 5.74) is 0.892. The molecule has 1 atom stereocenters. The average Bonchev–Trinajstić information content (AvgIpc) is 3.21. The van der Waals surface area contributed by atoms with E-state index in [1.54, 1.807) is 7.11 Å². The molecule has 2 aromatic rings. The molecular weight excluding hydrogens is 298 g/mol. The fourth-order valence-electron chi connectivity index (χ4n) is 3.42. The van der Waals surface area contributed by atoms with Crippen LogP contribution in [0.4, 0.5) is 0 Å². The summed E-state index contributed by atoms with van der Waals surface area (Å²) in [5, 5.41) is 0.773. The number of nitrogens with zero attached hydrogens (tertiary/aromatic N) is 1. The minimum Gasteiger partial charge on any atom is -0.497 e. The molecule has 6 nitrogen and oxygen atoms in total. The number of amides is 1. The van der Waals surface area contributed by atoms with E-state index in [9.17, 15) is 4.79 Å². The number of hydrogen-bond donors (Lipinski definition) is 0. The van der Waals surface area contributed by atoms with Crippen LogP contribution in [-0.4, -0.2) is 56.4 Å². The lowest BCUT2D eigenvalue weighted by molar-refractivity contribution is -0.0550. The Morgan fingerprint density at radius 3 is 2.87 bits per heavy atom. The lowest BCUT2D eigenvalue weighted by atomic mass is 9.94. The number of morpholine rings is 1. The van der Waals surface area contributed by atoms with E-state index >= 15 is 0 Å². The Morgan fingerprint density at radius 1 is 1.26 bits per heavy atom. The van der Waals surface area contributed by atoms with Gasteiger partial charge in [-0.05, 0) is 24.6 Å². The number of benzene rings is 1. The van der Waals surface area contributed by atoms with Gasteiger partial charge in [0.2, 0.25) is 0 Å². The second kappa shape index (κ2) is 5.54. The first kappa shape index (κ1) is 14.5. The molecule has 2 aliphatic heterocycles. The number of fused-ring (bicyclic) bond motifs is 1. The molecule has 1 aromatic heterocycles. The molecule has 0 aliphatic carbocycles. The van der Waals surface area contributed by atoms with Gasteiger partial charge in [0.15, 0.2) is 0 Å². The fraction of sp³-hybridized carbons (Fsp3) is 0.471. The molecular formula is C17H19NO5. The van der Waals surface area contributed by atoms with Crippen LogP contribution < -0.4 is 4.74 Å². The van der Waals surface area contributed by atoms with E-state index in [4.69, 9.17) is 18.6 Å². The van der Waals surface area contributed by atoms with Crippen molar-refractivity contribution < 1.29 is 23.4 Å². The maximum Gasteiger partial charge on any atom is 0.258 e. The molecule has 122 valence electrons. The highest BCUT2D eigenvalue weighted by atomic mass is 16.5. The van der Waals surface area contributed by atoms with E-state index in [-0.39, 0.29) is 11.4 Å². The smallest absolute Gasteiger partial charge is 0.258 e. The van der Waals surface area contributed by atoms with E-state index in [0.717, 1.165) is 11.8 Å². The first-order valence-electron chi connectivity index (χ1n) is 7.76. The van der Waals surface area contributed by atoms with Crippen LogP contribution in [0.1, 0.15) is 16.8 Å². The van der Waals surface area contributed by atoms with Gasteiger partial charge in [0, 0.05) is 18.5 Å². The topological polar surface area (TPSA) is 61.1 Å². The van der Waals surface area contributed by atoms with Crippen LogP contribution in [0.5, 0.6) is 5.75 Å². The maximum absolute atomic E-state index is 13.1. The molecule has 4 rings (SSSR count).